The second-order valence-corrected chi connectivity index (χ2v) is 14.6. The number of benzene rings is 9. The molecule has 0 spiro atoms. The van der Waals surface area contributed by atoms with Crippen LogP contribution < -0.4 is 0 Å². The summed E-state index contributed by atoms with van der Waals surface area (Å²) in [5, 5.41) is 4.97. The largest absolute Gasteiger partial charge is 0.309 e. The van der Waals surface area contributed by atoms with Gasteiger partial charge in [0.25, 0.3) is 0 Å². The van der Waals surface area contributed by atoms with E-state index in [9.17, 15) is 0 Å². The van der Waals surface area contributed by atoms with E-state index < -0.39 is 0 Å². The Kier molecular flexibility index (Phi) is 7.53. The fourth-order valence-electron chi connectivity index (χ4n) is 8.63. The summed E-state index contributed by atoms with van der Waals surface area (Å²) in [5.41, 5.74) is 16.8. The number of nitrogens with zero attached hydrogens (tertiary/aromatic N) is 2. The Bertz CT molecular complexity index is 3150. The van der Waals surface area contributed by atoms with Gasteiger partial charge in [-0.2, -0.15) is 0 Å². The summed E-state index contributed by atoms with van der Waals surface area (Å²) in [4.78, 5) is 0. The molecule has 2 heterocycles. The number of hydrogen-bond donors (Lipinski definition) is 0. The van der Waals surface area contributed by atoms with Gasteiger partial charge in [-0.15, -0.1) is 0 Å². The van der Waals surface area contributed by atoms with Gasteiger partial charge in [0.2, 0.25) is 0 Å². The van der Waals surface area contributed by atoms with Gasteiger partial charge in [-0.05, 0) is 111 Å². The number of fused-ring (bicyclic) bond motifs is 6. The van der Waals surface area contributed by atoms with E-state index >= 15 is 0 Å². The molecule has 0 aliphatic heterocycles. The van der Waals surface area contributed by atoms with Crippen molar-refractivity contribution in [2.24, 2.45) is 0 Å². The van der Waals surface area contributed by atoms with E-state index in [1.165, 1.54) is 88.1 Å². The molecule has 262 valence electrons. The summed E-state index contributed by atoms with van der Waals surface area (Å²) in [5.74, 6) is 0. The van der Waals surface area contributed by atoms with Crippen molar-refractivity contribution in [2.75, 3.05) is 0 Å². The SMILES string of the molecule is c1ccc(-c2cc(-c3ccccc3)cc(-c3ccc(-n4c5ccccc5c5cc6c(cc54)c4ccccc4n6-c4cccc(-c5ccccc5)c4)cc3)c2)cc1. The third kappa shape index (κ3) is 5.34. The van der Waals surface area contributed by atoms with Crippen molar-refractivity contribution in [1.29, 1.82) is 0 Å². The fourth-order valence-corrected chi connectivity index (χ4v) is 8.63. The van der Waals surface area contributed by atoms with Gasteiger partial charge in [0.05, 0.1) is 22.1 Å². The Labute approximate surface area is 325 Å². The summed E-state index contributed by atoms with van der Waals surface area (Å²) >= 11 is 0. The molecule has 0 amide bonds. The van der Waals surface area contributed by atoms with Crippen LogP contribution in [-0.4, -0.2) is 9.13 Å². The van der Waals surface area contributed by atoms with Gasteiger partial charge in [-0.25, -0.2) is 0 Å². The van der Waals surface area contributed by atoms with E-state index in [1.54, 1.807) is 0 Å². The highest BCUT2D eigenvalue weighted by atomic mass is 15.0. The molecule has 0 aliphatic carbocycles. The Morgan fingerprint density at radius 2 is 0.589 bits per heavy atom. The lowest BCUT2D eigenvalue weighted by atomic mass is 9.93. The standard InChI is InChI=1S/C54H36N2/c1-4-15-37(16-5-1)41-21-14-22-46(34-41)56-52-26-13-11-24-48(52)50-35-53-49(36-54(50)56)47-23-10-12-25-51(47)55(53)45-29-27-40(28-30-45)44-32-42(38-17-6-2-7-18-38)31-43(33-44)39-19-8-3-9-20-39/h1-36H. The van der Waals surface area contributed by atoms with Crippen LogP contribution in [0.15, 0.2) is 218 Å². The highest BCUT2D eigenvalue weighted by Gasteiger charge is 2.19. The van der Waals surface area contributed by atoms with Crippen LogP contribution in [0.2, 0.25) is 0 Å². The van der Waals surface area contributed by atoms with Crippen LogP contribution in [0, 0.1) is 0 Å². The zero-order chi connectivity index (χ0) is 37.0. The smallest absolute Gasteiger partial charge is 0.0548 e. The Hall–Kier alpha value is -7.42. The number of para-hydroxylation sites is 2. The molecule has 0 bridgehead atoms. The monoisotopic (exact) mass is 712 g/mol. The molecular weight excluding hydrogens is 677 g/mol. The predicted molar refractivity (Wildman–Crippen MR) is 237 cm³/mol. The third-order valence-corrected chi connectivity index (χ3v) is 11.3. The molecule has 0 atom stereocenters. The quantitative estimate of drug-likeness (QED) is 0.162. The predicted octanol–water partition coefficient (Wildman–Crippen LogP) is 14.5. The van der Waals surface area contributed by atoms with Crippen LogP contribution >= 0.6 is 0 Å². The minimum absolute atomic E-state index is 1.14. The lowest BCUT2D eigenvalue weighted by molar-refractivity contribution is 1.17. The fraction of sp³-hybridized carbons (Fsp3) is 0. The lowest BCUT2D eigenvalue weighted by Gasteiger charge is -2.13. The molecule has 0 unspecified atom stereocenters. The molecule has 11 aromatic rings. The Morgan fingerprint density at radius 3 is 1.09 bits per heavy atom. The summed E-state index contributed by atoms with van der Waals surface area (Å²) < 4.78 is 4.87. The van der Waals surface area contributed by atoms with Crippen molar-refractivity contribution in [1.82, 2.24) is 9.13 Å². The van der Waals surface area contributed by atoms with E-state index in [0.29, 0.717) is 0 Å². The average Bonchev–Trinajstić information content (AvgIpc) is 3.78. The number of aromatic nitrogens is 2. The highest BCUT2D eigenvalue weighted by molar-refractivity contribution is 6.19. The van der Waals surface area contributed by atoms with Crippen LogP contribution in [0.4, 0.5) is 0 Å². The van der Waals surface area contributed by atoms with Crippen molar-refractivity contribution in [2.45, 2.75) is 0 Å². The number of hydrogen-bond acceptors (Lipinski definition) is 0. The molecular formula is C54H36N2. The van der Waals surface area contributed by atoms with Crippen molar-refractivity contribution in [3.05, 3.63) is 218 Å². The molecule has 0 saturated carbocycles. The van der Waals surface area contributed by atoms with Crippen LogP contribution in [0.25, 0.3) is 99.5 Å². The van der Waals surface area contributed by atoms with Gasteiger partial charge >= 0.3 is 0 Å². The van der Waals surface area contributed by atoms with Gasteiger partial charge in [0, 0.05) is 32.9 Å². The Morgan fingerprint density at radius 1 is 0.196 bits per heavy atom. The molecule has 2 aromatic heterocycles. The average molecular weight is 713 g/mol. The lowest BCUT2D eigenvalue weighted by Crippen LogP contribution is -1.95. The minimum Gasteiger partial charge on any atom is -0.309 e. The van der Waals surface area contributed by atoms with Gasteiger partial charge in [0.15, 0.2) is 0 Å². The Balaban J connectivity index is 1.08. The van der Waals surface area contributed by atoms with E-state index in [1.807, 2.05) is 0 Å². The van der Waals surface area contributed by atoms with Crippen LogP contribution in [0.1, 0.15) is 0 Å². The molecule has 2 heteroatoms. The van der Waals surface area contributed by atoms with Crippen molar-refractivity contribution < 1.29 is 0 Å². The maximum Gasteiger partial charge on any atom is 0.0548 e. The maximum absolute atomic E-state index is 2.44. The van der Waals surface area contributed by atoms with E-state index in [0.717, 1.165) is 11.4 Å². The first-order chi connectivity index (χ1) is 27.8. The highest BCUT2D eigenvalue weighted by Crippen LogP contribution is 2.41. The summed E-state index contributed by atoms with van der Waals surface area (Å²) in [6.07, 6.45) is 0. The molecule has 9 aromatic carbocycles. The molecule has 11 rings (SSSR count). The second-order valence-electron chi connectivity index (χ2n) is 14.6. The van der Waals surface area contributed by atoms with Gasteiger partial charge < -0.3 is 9.13 Å². The van der Waals surface area contributed by atoms with Crippen molar-refractivity contribution in [3.8, 4) is 55.9 Å². The van der Waals surface area contributed by atoms with Crippen molar-refractivity contribution in [3.63, 3.8) is 0 Å². The van der Waals surface area contributed by atoms with Gasteiger partial charge in [-0.3, -0.25) is 0 Å². The minimum atomic E-state index is 1.14. The van der Waals surface area contributed by atoms with Crippen LogP contribution in [0.3, 0.4) is 0 Å². The first-order valence-electron chi connectivity index (χ1n) is 19.3. The van der Waals surface area contributed by atoms with Crippen LogP contribution in [-0.2, 0) is 0 Å². The van der Waals surface area contributed by atoms with E-state index in [-0.39, 0.29) is 0 Å². The molecule has 0 radical (unpaired) electrons. The summed E-state index contributed by atoms with van der Waals surface area (Å²) in [6.45, 7) is 0. The van der Waals surface area contributed by atoms with E-state index in [4.69, 9.17) is 0 Å². The van der Waals surface area contributed by atoms with Gasteiger partial charge in [0.1, 0.15) is 0 Å². The van der Waals surface area contributed by atoms with Crippen LogP contribution in [0.5, 0.6) is 0 Å². The summed E-state index contributed by atoms with van der Waals surface area (Å²) in [7, 11) is 0. The third-order valence-electron chi connectivity index (χ3n) is 11.3. The summed E-state index contributed by atoms with van der Waals surface area (Å²) in [6, 6.07) is 79.4. The normalized spacial score (nSPS) is 11.6. The zero-order valence-electron chi connectivity index (χ0n) is 30.7. The molecule has 0 aliphatic rings. The molecule has 56 heavy (non-hydrogen) atoms. The van der Waals surface area contributed by atoms with Crippen molar-refractivity contribution >= 4 is 43.6 Å². The molecule has 0 saturated heterocycles. The maximum atomic E-state index is 2.44. The zero-order valence-corrected chi connectivity index (χ0v) is 30.7. The molecule has 0 N–H and O–H groups in total. The first-order valence-corrected chi connectivity index (χ1v) is 19.3. The first kappa shape index (κ1) is 32.0. The van der Waals surface area contributed by atoms with E-state index in [2.05, 4.69) is 228 Å². The molecule has 0 fully saturated rings. The second kappa shape index (κ2) is 13.2. The topological polar surface area (TPSA) is 9.86 Å². The van der Waals surface area contributed by atoms with Gasteiger partial charge in [-0.1, -0.05) is 152 Å². The molecule has 2 nitrogen and oxygen atoms in total. The number of rotatable bonds is 6.